The highest BCUT2D eigenvalue weighted by atomic mass is 32.2. The summed E-state index contributed by atoms with van der Waals surface area (Å²) in [7, 11) is -3.05. The summed E-state index contributed by atoms with van der Waals surface area (Å²) in [6.45, 7) is 0. The lowest BCUT2D eigenvalue weighted by Gasteiger charge is -2.09. The highest BCUT2D eigenvalue weighted by Gasteiger charge is 2.35. The van der Waals surface area contributed by atoms with E-state index >= 15 is 0 Å². The van der Waals surface area contributed by atoms with Crippen molar-refractivity contribution in [1.82, 2.24) is 15.2 Å². The van der Waals surface area contributed by atoms with Gasteiger partial charge >= 0.3 is 12.4 Å². The minimum Gasteiger partial charge on any atom is -0.255 e. The minimum atomic E-state index is -4.66. The van der Waals surface area contributed by atoms with Crippen LogP contribution in [0.25, 0.3) is 11.4 Å². The van der Waals surface area contributed by atoms with Crippen LogP contribution in [-0.2, 0) is 22.1 Å². The number of hydrogen-bond acceptors (Lipinski definition) is 4. The Labute approximate surface area is 161 Å². The standard InChI is InChI=1S/C17H12F6N4OS/c1-29(28,13-8-4-11(5-9-13)16(18,19)20)27-12-6-2-10(3-7-12)14-24-15(26-25-14)17(21,22)23/h2-9H,1H3,(H,24,25,26). The van der Waals surface area contributed by atoms with E-state index < -0.39 is 33.5 Å². The van der Waals surface area contributed by atoms with Gasteiger partial charge in [0.15, 0.2) is 5.82 Å². The summed E-state index contributed by atoms with van der Waals surface area (Å²) in [5, 5.41) is 5.30. The van der Waals surface area contributed by atoms with Crippen LogP contribution < -0.4 is 0 Å². The molecular weight excluding hydrogens is 422 g/mol. The van der Waals surface area contributed by atoms with Crippen molar-refractivity contribution in [3.8, 4) is 11.4 Å². The van der Waals surface area contributed by atoms with Gasteiger partial charge in [0.05, 0.1) is 21.0 Å². The minimum absolute atomic E-state index is 0.110. The Morgan fingerprint density at radius 2 is 1.48 bits per heavy atom. The second-order valence-corrected chi connectivity index (χ2v) is 8.23. The van der Waals surface area contributed by atoms with Gasteiger partial charge in [0.25, 0.3) is 0 Å². The van der Waals surface area contributed by atoms with Crippen LogP contribution in [0.3, 0.4) is 0 Å². The van der Waals surface area contributed by atoms with Crippen LogP contribution in [0.1, 0.15) is 11.4 Å². The molecule has 0 saturated heterocycles. The third-order valence-corrected chi connectivity index (χ3v) is 5.48. The number of nitrogens with one attached hydrogen (secondary N) is 1. The molecule has 29 heavy (non-hydrogen) atoms. The van der Waals surface area contributed by atoms with Gasteiger partial charge in [-0.3, -0.25) is 5.10 Å². The van der Waals surface area contributed by atoms with Crippen LogP contribution in [0.5, 0.6) is 0 Å². The molecule has 0 amide bonds. The summed E-state index contributed by atoms with van der Waals surface area (Å²) in [5.41, 5.74) is -0.369. The molecule has 5 nitrogen and oxygen atoms in total. The van der Waals surface area contributed by atoms with Crippen LogP contribution in [0.15, 0.2) is 57.8 Å². The zero-order valence-electron chi connectivity index (χ0n) is 14.5. The van der Waals surface area contributed by atoms with E-state index in [-0.39, 0.29) is 22.0 Å². The van der Waals surface area contributed by atoms with E-state index in [2.05, 4.69) is 14.4 Å². The molecule has 0 aliphatic carbocycles. The maximum atomic E-state index is 12.8. The maximum Gasteiger partial charge on any atom is 0.451 e. The van der Waals surface area contributed by atoms with E-state index in [0.717, 1.165) is 24.3 Å². The molecule has 2 aromatic carbocycles. The molecular formula is C17H12F6N4OS. The Kier molecular flexibility index (Phi) is 5.15. The molecule has 0 radical (unpaired) electrons. The highest BCUT2D eigenvalue weighted by molar-refractivity contribution is 7.93. The SMILES string of the molecule is CS(=O)(=Nc1ccc(-c2n[nH]c(C(F)(F)F)n2)cc1)c1ccc(C(F)(F)F)cc1. The summed E-state index contributed by atoms with van der Waals surface area (Å²) in [6.07, 6.45) is -7.89. The zero-order valence-corrected chi connectivity index (χ0v) is 15.4. The second kappa shape index (κ2) is 7.17. The number of nitrogens with zero attached hydrogens (tertiary/aromatic N) is 3. The van der Waals surface area contributed by atoms with Gasteiger partial charge in [0.2, 0.25) is 5.82 Å². The fraction of sp³-hybridized carbons (Fsp3) is 0.176. The normalized spacial score (nSPS) is 14.4. The molecule has 0 aliphatic heterocycles. The van der Waals surface area contributed by atoms with Crippen LogP contribution in [-0.4, -0.2) is 25.6 Å². The Balaban J connectivity index is 1.86. The van der Waals surface area contributed by atoms with Crippen molar-refractivity contribution in [3.05, 3.63) is 59.9 Å². The van der Waals surface area contributed by atoms with E-state index in [4.69, 9.17) is 0 Å². The van der Waals surface area contributed by atoms with Crippen molar-refractivity contribution in [2.75, 3.05) is 6.26 Å². The van der Waals surface area contributed by atoms with Crippen molar-refractivity contribution in [3.63, 3.8) is 0 Å². The molecule has 1 heterocycles. The van der Waals surface area contributed by atoms with Gasteiger partial charge in [-0.25, -0.2) is 9.19 Å². The molecule has 0 bridgehead atoms. The number of benzene rings is 2. The van der Waals surface area contributed by atoms with Gasteiger partial charge in [-0.15, -0.1) is 0 Å². The van der Waals surface area contributed by atoms with E-state index in [1.54, 1.807) is 5.10 Å². The fourth-order valence-electron chi connectivity index (χ4n) is 2.34. The molecule has 0 fully saturated rings. The zero-order chi connectivity index (χ0) is 21.4. The summed E-state index contributed by atoms with van der Waals surface area (Å²) < 4.78 is 92.5. The maximum absolute atomic E-state index is 12.8. The predicted molar refractivity (Wildman–Crippen MR) is 92.7 cm³/mol. The van der Waals surface area contributed by atoms with Crippen LogP contribution in [0, 0.1) is 0 Å². The van der Waals surface area contributed by atoms with Gasteiger partial charge in [0, 0.05) is 16.7 Å². The first kappa shape index (κ1) is 20.8. The molecule has 1 atom stereocenters. The molecule has 12 heteroatoms. The molecule has 1 unspecified atom stereocenters. The first-order valence-electron chi connectivity index (χ1n) is 7.86. The average molecular weight is 434 g/mol. The van der Waals surface area contributed by atoms with Gasteiger partial charge in [-0.2, -0.15) is 35.8 Å². The first-order valence-corrected chi connectivity index (χ1v) is 9.78. The molecule has 1 aromatic heterocycles. The number of hydrogen-bond donors (Lipinski definition) is 1. The Bertz CT molecular complexity index is 1120. The molecule has 1 N–H and O–H groups in total. The fourth-order valence-corrected chi connectivity index (χ4v) is 3.61. The monoisotopic (exact) mass is 434 g/mol. The quantitative estimate of drug-likeness (QED) is 0.569. The number of rotatable bonds is 3. The van der Waals surface area contributed by atoms with E-state index in [0.29, 0.717) is 0 Å². The predicted octanol–water partition coefficient (Wildman–Crippen LogP) is 5.30. The topological polar surface area (TPSA) is 71.0 Å². The van der Waals surface area contributed by atoms with Crippen LogP contribution >= 0.6 is 0 Å². The molecule has 0 saturated carbocycles. The number of aromatic nitrogens is 3. The molecule has 154 valence electrons. The highest BCUT2D eigenvalue weighted by Crippen LogP contribution is 2.31. The van der Waals surface area contributed by atoms with Gasteiger partial charge < -0.3 is 0 Å². The van der Waals surface area contributed by atoms with Crippen molar-refractivity contribution in [2.24, 2.45) is 4.36 Å². The van der Waals surface area contributed by atoms with Crippen molar-refractivity contribution in [1.29, 1.82) is 0 Å². The van der Waals surface area contributed by atoms with E-state index in [9.17, 15) is 30.6 Å². The van der Waals surface area contributed by atoms with Crippen molar-refractivity contribution < 1.29 is 30.6 Å². The summed E-state index contributed by atoms with van der Waals surface area (Å²) in [6, 6.07) is 9.40. The summed E-state index contributed by atoms with van der Waals surface area (Å²) in [5.74, 6) is -1.41. The van der Waals surface area contributed by atoms with Crippen LogP contribution in [0.2, 0.25) is 0 Å². The molecule has 3 rings (SSSR count). The Hall–Kier alpha value is -2.89. The Morgan fingerprint density at radius 1 is 0.897 bits per heavy atom. The summed E-state index contributed by atoms with van der Waals surface area (Å²) in [4.78, 5) is 3.47. The molecule has 3 aromatic rings. The average Bonchev–Trinajstić information content (AvgIpc) is 3.12. The smallest absolute Gasteiger partial charge is 0.255 e. The van der Waals surface area contributed by atoms with Gasteiger partial charge in [-0.05, 0) is 48.5 Å². The van der Waals surface area contributed by atoms with E-state index in [1.165, 1.54) is 30.5 Å². The van der Waals surface area contributed by atoms with Crippen LogP contribution in [0.4, 0.5) is 32.0 Å². The molecule has 0 spiro atoms. The number of halogens is 6. The lowest BCUT2D eigenvalue weighted by Crippen LogP contribution is -2.07. The van der Waals surface area contributed by atoms with Crippen molar-refractivity contribution >= 4 is 15.4 Å². The summed E-state index contributed by atoms with van der Waals surface area (Å²) >= 11 is 0. The third-order valence-electron chi connectivity index (χ3n) is 3.78. The molecule has 0 aliphatic rings. The Morgan fingerprint density at radius 3 is 1.97 bits per heavy atom. The first-order chi connectivity index (χ1) is 13.4. The van der Waals surface area contributed by atoms with Crippen molar-refractivity contribution in [2.45, 2.75) is 17.2 Å². The second-order valence-electron chi connectivity index (χ2n) is 5.97. The number of H-pyrrole nitrogens is 1. The van der Waals surface area contributed by atoms with E-state index in [1.807, 2.05) is 0 Å². The largest absolute Gasteiger partial charge is 0.451 e. The lowest BCUT2D eigenvalue weighted by molar-refractivity contribution is -0.144. The third kappa shape index (κ3) is 4.75. The van der Waals surface area contributed by atoms with Gasteiger partial charge in [0.1, 0.15) is 0 Å². The number of aromatic amines is 1. The number of alkyl halides is 6. The van der Waals surface area contributed by atoms with Gasteiger partial charge in [-0.1, -0.05) is 0 Å². The lowest BCUT2D eigenvalue weighted by atomic mass is 10.2.